The second-order valence-corrected chi connectivity index (χ2v) is 9.52. The maximum atomic E-state index is 10.9. The molecule has 25 heavy (non-hydrogen) atoms. The lowest BCUT2D eigenvalue weighted by Crippen LogP contribution is -2.26. The molecule has 0 atom stereocenters. The van der Waals surface area contributed by atoms with Crippen LogP contribution >= 0.6 is 0 Å². The van der Waals surface area contributed by atoms with Crippen LogP contribution in [0.4, 0.5) is 0 Å². The molecule has 0 bridgehead atoms. The van der Waals surface area contributed by atoms with Crippen LogP contribution in [0.15, 0.2) is 12.1 Å². The van der Waals surface area contributed by atoms with E-state index in [4.69, 9.17) is 0 Å². The highest BCUT2D eigenvalue weighted by Crippen LogP contribution is 2.40. The highest BCUT2D eigenvalue weighted by Gasteiger charge is 2.26. The van der Waals surface area contributed by atoms with Crippen LogP contribution in [0.3, 0.4) is 0 Å². The van der Waals surface area contributed by atoms with Crippen molar-refractivity contribution in [2.75, 3.05) is 13.1 Å². The fourth-order valence-electron chi connectivity index (χ4n) is 3.22. The Labute approximate surface area is 156 Å². The van der Waals surface area contributed by atoms with Crippen LogP contribution in [0.1, 0.15) is 97.8 Å². The molecule has 0 saturated heterocycles. The van der Waals surface area contributed by atoms with Crippen molar-refractivity contribution in [2.24, 2.45) is 0 Å². The van der Waals surface area contributed by atoms with Crippen molar-refractivity contribution in [1.82, 2.24) is 4.90 Å². The number of aromatic hydroxyl groups is 1. The number of rotatable bonds is 8. The second-order valence-electron chi connectivity index (χ2n) is 9.52. The third kappa shape index (κ3) is 6.66. The van der Waals surface area contributed by atoms with Crippen LogP contribution in [0.5, 0.6) is 5.75 Å². The highest BCUT2D eigenvalue weighted by molar-refractivity contribution is 5.49. The summed E-state index contributed by atoms with van der Waals surface area (Å²) in [6.07, 6.45) is 4.97. The van der Waals surface area contributed by atoms with E-state index in [1.807, 2.05) is 0 Å². The van der Waals surface area contributed by atoms with Gasteiger partial charge in [0, 0.05) is 6.54 Å². The number of hydrogen-bond acceptors (Lipinski definition) is 2. The molecule has 0 saturated carbocycles. The molecule has 144 valence electrons. The van der Waals surface area contributed by atoms with Crippen molar-refractivity contribution in [3.63, 3.8) is 0 Å². The van der Waals surface area contributed by atoms with Crippen molar-refractivity contribution >= 4 is 0 Å². The van der Waals surface area contributed by atoms with E-state index < -0.39 is 0 Å². The van der Waals surface area contributed by atoms with E-state index in [2.05, 4.69) is 72.4 Å². The smallest absolute Gasteiger partial charge is 0.123 e. The standard InChI is InChI=1S/C23H41NO/c1-9-11-13-24(14-12-10-2)17-18-15-19(22(3,4)5)21(25)20(16-18)23(6,7)8/h15-16,25H,9-14,17H2,1-8H3. The summed E-state index contributed by atoms with van der Waals surface area (Å²) in [4.78, 5) is 2.58. The van der Waals surface area contributed by atoms with Crippen molar-refractivity contribution < 1.29 is 5.11 Å². The maximum Gasteiger partial charge on any atom is 0.123 e. The summed E-state index contributed by atoms with van der Waals surface area (Å²) in [5.74, 6) is 0.484. The number of hydrogen-bond donors (Lipinski definition) is 1. The normalized spacial score (nSPS) is 12.8. The molecule has 0 amide bonds. The van der Waals surface area contributed by atoms with Gasteiger partial charge in [-0.2, -0.15) is 0 Å². The molecule has 2 heteroatoms. The van der Waals surface area contributed by atoms with Crippen molar-refractivity contribution in [3.8, 4) is 5.75 Å². The Morgan fingerprint density at radius 2 is 1.20 bits per heavy atom. The number of nitrogens with zero attached hydrogens (tertiary/aromatic N) is 1. The number of phenols is 1. The molecule has 0 spiro atoms. The summed E-state index contributed by atoms with van der Waals surface area (Å²) < 4.78 is 0. The quantitative estimate of drug-likeness (QED) is 0.589. The third-order valence-corrected chi connectivity index (χ3v) is 4.85. The average Bonchev–Trinajstić information content (AvgIpc) is 2.49. The van der Waals surface area contributed by atoms with Gasteiger partial charge in [-0.1, -0.05) is 80.4 Å². The second kappa shape index (κ2) is 9.07. The number of unbranched alkanes of at least 4 members (excludes halogenated alkanes) is 2. The third-order valence-electron chi connectivity index (χ3n) is 4.85. The molecule has 1 rings (SSSR count). The molecule has 0 aromatic heterocycles. The SMILES string of the molecule is CCCCN(CCCC)Cc1cc(C(C)(C)C)c(O)c(C(C)(C)C)c1. The van der Waals surface area contributed by atoms with Gasteiger partial charge in [-0.05, 0) is 53.5 Å². The van der Waals surface area contributed by atoms with E-state index in [-0.39, 0.29) is 10.8 Å². The van der Waals surface area contributed by atoms with Gasteiger partial charge in [0.2, 0.25) is 0 Å². The van der Waals surface area contributed by atoms with Gasteiger partial charge in [0.1, 0.15) is 5.75 Å². The lowest BCUT2D eigenvalue weighted by molar-refractivity contribution is 0.256. The van der Waals surface area contributed by atoms with Gasteiger partial charge in [0.25, 0.3) is 0 Å². The highest BCUT2D eigenvalue weighted by atomic mass is 16.3. The molecule has 0 fully saturated rings. The molecule has 0 aliphatic carbocycles. The predicted molar refractivity (Wildman–Crippen MR) is 111 cm³/mol. The van der Waals surface area contributed by atoms with E-state index >= 15 is 0 Å². The molecule has 0 aliphatic heterocycles. The van der Waals surface area contributed by atoms with Gasteiger partial charge in [0.15, 0.2) is 0 Å². The first-order valence-electron chi connectivity index (χ1n) is 10.1. The van der Waals surface area contributed by atoms with E-state index in [0.717, 1.165) is 30.8 Å². The van der Waals surface area contributed by atoms with Crippen LogP contribution < -0.4 is 0 Å². The van der Waals surface area contributed by atoms with Gasteiger partial charge < -0.3 is 5.11 Å². The minimum atomic E-state index is -0.0578. The Morgan fingerprint density at radius 1 is 0.800 bits per heavy atom. The van der Waals surface area contributed by atoms with Crippen molar-refractivity contribution in [3.05, 3.63) is 28.8 Å². The van der Waals surface area contributed by atoms with Gasteiger partial charge in [-0.25, -0.2) is 0 Å². The van der Waals surface area contributed by atoms with E-state index in [0.29, 0.717) is 5.75 Å². The summed E-state index contributed by atoms with van der Waals surface area (Å²) in [5, 5.41) is 10.9. The Bertz CT molecular complexity index is 491. The van der Waals surface area contributed by atoms with E-state index in [1.54, 1.807) is 0 Å². The first kappa shape index (κ1) is 22.0. The summed E-state index contributed by atoms with van der Waals surface area (Å²) >= 11 is 0. The number of phenolic OH excluding ortho intramolecular Hbond substituents is 1. The Balaban J connectivity index is 3.24. The lowest BCUT2D eigenvalue weighted by atomic mass is 9.78. The molecular formula is C23H41NO. The minimum absolute atomic E-state index is 0.0578. The molecule has 2 nitrogen and oxygen atoms in total. The van der Waals surface area contributed by atoms with Crippen LogP contribution in [0.25, 0.3) is 0 Å². The van der Waals surface area contributed by atoms with Gasteiger partial charge in [-0.3, -0.25) is 4.90 Å². The molecule has 1 aromatic carbocycles. The van der Waals surface area contributed by atoms with Crippen molar-refractivity contribution in [1.29, 1.82) is 0 Å². The summed E-state index contributed by atoms with van der Waals surface area (Å²) in [5.41, 5.74) is 3.36. The topological polar surface area (TPSA) is 23.5 Å². The molecule has 1 N–H and O–H groups in total. The zero-order chi connectivity index (χ0) is 19.3. The minimum Gasteiger partial charge on any atom is -0.507 e. The van der Waals surface area contributed by atoms with Gasteiger partial charge >= 0.3 is 0 Å². The number of benzene rings is 1. The summed E-state index contributed by atoms with van der Waals surface area (Å²) in [7, 11) is 0. The summed E-state index contributed by atoms with van der Waals surface area (Å²) in [6.45, 7) is 20.9. The van der Waals surface area contributed by atoms with E-state index in [9.17, 15) is 5.11 Å². The van der Waals surface area contributed by atoms with Gasteiger partial charge in [-0.15, -0.1) is 0 Å². The van der Waals surface area contributed by atoms with Crippen LogP contribution in [0, 0.1) is 0 Å². The molecule has 0 heterocycles. The Morgan fingerprint density at radius 3 is 1.52 bits per heavy atom. The van der Waals surface area contributed by atoms with Gasteiger partial charge in [0.05, 0.1) is 0 Å². The Hall–Kier alpha value is -1.02. The fourth-order valence-corrected chi connectivity index (χ4v) is 3.22. The zero-order valence-corrected chi connectivity index (χ0v) is 18.0. The molecule has 0 aliphatic rings. The first-order chi connectivity index (χ1) is 11.5. The zero-order valence-electron chi connectivity index (χ0n) is 18.0. The first-order valence-corrected chi connectivity index (χ1v) is 10.1. The lowest BCUT2D eigenvalue weighted by Gasteiger charge is -2.30. The molecule has 0 radical (unpaired) electrons. The molecule has 1 aromatic rings. The maximum absolute atomic E-state index is 10.9. The predicted octanol–water partition coefficient (Wildman–Crippen LogP) is 6.39. The Kier molecular flexibility index (Phi) is 7.99. The fraction of sp³-hybridized carbons (Fsp3) is 0.739. The van der Waals surface area contributed by atoms with Crippen LogP contribution in [-0.4, -0.2) is 23.1 Å². The largest absolute Gasteiger partial charge is 0.507 e. The van der Waals surface area contributed by atoms with Crippen molar-refractivity contribution in [2.45, 2.75) is 98.4 Å². The average molecular weight is 348 g/mol. The van der Waals surface area contributed by atoms with E-state index in [1.165, 1.54) is 31.2 Å². The monoisotopic (exact) mass is 347 g/mol. The molecular weight excluding hydrogens is 306 g/mol. The van der Waals surface area contributed by atoms with Crippen LogP contribution in [-0.2, 0) is 17.4 Å². The van der Waals surface area contributed by atoms with Crippen LogP contribution in [0.2, 0.25) is 0 Å². The summed E-state index contributed by atoms with van der Waals surface area (Å²) in [6, 6.07) is 4.46. The molecule has 0 unspecified atom stereocenters.